The van der Waals surface area contributed by atoms with E-state index in [1.807, 2.05) is 6.07 Å². The number of benzene rings is 1. The maximum absolute atomic E-state index is 14.7. The molecule has 0 bridgehead atoms. The number of aromatic nitrogens is 2. The second-order valence-electron chi connectivity index (χ2n) is 4.86. The first-order valence-electron chi connectivity index (χ1n) is 6.93. The minimum Gasteiger partial charge on any atom is -0.465 e. The van der Waals surface area contributed by atoms with Crippen LogP contribution in [0.25, 0.3) is 22.3 Å². The molecule has 3 aromatic rings. The van der Waals surface area contributed by atoms with Gasteiger partial charge in [0.05, 0.1) is 12.7 Å². The van der Waals surface area contributed by atoms with Crippen molar-refractivity contribution < 1.29 is 13.9 Å². The molecule has 0 fully saturated rings. The third-order valence-corrected chi connectivity index (χ3v) is 3.45. The number of carbonyl (C=O) groups excluding carboxylic acids is 1. The van der Waals surface area contributed by atoms with E-state index in [4.69, 9.17) is 0 Å². The summed E-state index contributed by atoms with van der Waals surface area (Å²) in [6, 6.07) is 10.2. The fraction of sp³-hybridized carbons (Fsp3) is 0.0556. The van der Waals surface area contributed by atoms with Crippen molar-refractivity contribution in [2.75, 3.05) is 7.11 Å². The fourth-order valence-corrected chi connectivity index (χ4v) is 2.32. The number of hydrogen-bond acceptors (Lipinski definition) is 4. The molecule has 23 heavy (non-hydrogen) atoms. The van der Waals surface area contributed by atoms with E-state index in [-0.39, 0.29) is 5.56 Å². The maximum atomic E-state index is 14.7. The van der Waals surface area contributed by atoms with E-state index in [2.05, 4.69) is 14.7 Å². The standard InChI is InChI=1S/C18H13FN2O2/c1-23-18(22)16-9-14(12-4-2-6-20-10-12)8-15(17(16)19)13-5-3-7-21-11-13/h2-11H,1H3. The molecular weight excluding hydrogens is 295 g/mol. The lowest BCUT2D eigenvalue weighted by molar-refractivity contribution is 0.0595. The second kappa shape index (κ2) is 6.36. The Bertz CT molecular complexity index is 836. The van der Waals surface area contributed by atoms with Crippen LogP contribution in [0.5, 0.6) is 0 Å². The predicted octanol–water partition coefficient (Wildman–Crippen LogP) is 3.74. The molecule has 4 nitrogen and oxygen atoms in total. The summed E-state index contributed by atoms with van der Waals surface area (Å²) >= 11 is 0. The smallest absolute Gasteiger partial charge is 0.340 e. The number of nitrogens with zero attached hydrogens (tertiary/aromatic N) is 2. The Morgan fingerprint density at radius 3 is 2.22 bits per heavy atom. The highest BCUT2D eigenvalue weighted by Gasteiger charge is 2.19. The summed E-state index contributed by atoms with van der Waals surface area (Å²) in [7, 11) is 1.22. The number of hydrogen-bond donors (Lipinski definition) is 0. The average molecular weight is 308 g/mol. The summed E-state index contributed by atoms with van der Waals surface area (Å²) in [6.07, 6.45) is 6.46. The van der Waals surface area contributed by atoms with Crippen LogP contribution in [0.1, 0.15) is 10.4 Å². The van der Waals surface area contributed by atoms with Crippen LogP contribution >= 0.6 is 0 Å². The fourth-order valence-electron chi connectivity index (χ4n) is 2.32. The van der Waals surface area contributed by atoms with Gasteiger partial charge >= 0.3 is 5.97 Å². The average Bonchev–Trinajstić information content (AvgIpc) is 2.62. The Labute approximate surface area is 132 Å². The molecule has 0 N–H and O–H groups in total. The molecule has 0 saturated carbocycles. The molecule has 0 saturated heterocycles. The number of esters is 1. The van der Waals surface area contributed by atoms with Crippen molar-refractivity contribution in [2.24, 2.45) is 0 Å². The van der Waals surface area contributed by atoms with E-state index in [1.54, 1.807) is 49.1 Å². The summed E-state index contributed by atoms with van der Waals surface area (Å²) < 4.78 is 19.4. The van der Waals surface area contributed by atoms with Crippen LogP contribution in [0.4, 0.5) is 4.39 Å². The van der Waals surface area contributed by atoms with Crippen LogP contribution < -0.4 is 0 Å². The van der Waals surface area contributed by atoms with Gasteiger partial charge in [-0.05, 0) is 29.8 Å². The van der Waals surface area contributed by atoms with Gasteiger partial charge in [-0.15, -0.1) is 0 Å². The topological polar surface area (TPSA) is 52.1 Å². The maximum Gasteiger partial charge on any atom is 0.340 e. The minimum atomic E-state index is -0.724. The molecule has 0 aliphatic heterocycles. The lowest BCUT2D eigenvalue weighted by Gasteiger charge is -2.11. The van der Waals surface area contributed by atoms with Crippen LogP contribution in [0.3, 0.4) is 0 Å². The van der Waals surface area contributed by atoms with Crippen LogP contribution in [0.2, 0.25) is 0 Å². The van der Waals surface area contributed by atoms with Crippen LogP contribution in [-0.4, -0.2) is 23.0 Å². The number of rotatable bonds is 3. The molecular formula is C18H13FN2O2. The first-order valence-corrected chi connectivity index (χ1v) is 6.93. The highest BCUT2D eigenvalue weighted by molar-refractivity contribution is 5.93. The number of ether oxygens (including phenoxy) is 1. The molecule has 0 radical (unpaired) electrons. The Hall–Kier alpha value is -3.08. The number of methoxy groups -OCH3 is 1. The van der Waals surface area contributed by atoms with Crippen molar-refractivity contribution in [1.29, 1.82) is 0 Å². The minimum absolute atomic E-state index is 0.118. The van der Waals surface area contributed by atoms with Crippen LogP contribution in [0.15, 0.2) is 61.2 Å². The van der Waals surface area contributed by atoms with Gasteiger partial charge in [0.25, 0.3) is 0 Å². The summed E-state index contributed by atoms with van der Waals surface area (Å²) in [5, 5.41) is 0. The molecule has 2 heterocycles. The predicted molar refractivity (Wildman–Crippen MR) is 84.2 cm³/mol. The quantitative estimate of drug-likeness (QED) is 0.692. The van der Waals surface area contributed by atoms with Gasteiger partial charge in [-0.2, -0.15) is 0 Å². The molecule has 5 heteroatoms. The third kappa shape index (κ3) is 2.94. The van der Waals surface area contributed by atoms with Crippen molar-refractivity contribution in [2.45, 2.75) is 0 Å². The summed E-state index contributed by atoms with van der Waals surface area (Å²) in [4.78, 5) is 20.0. The van der Waals surface area contributed by atoms with E-state index in [0.29, 0.717) is 16.7 Å². The molecule has 114 valence electrons. The van der Waals surface area contributed by atoms with Gasteiger partial charge in [-0.1, -0.05) is 12.1 Å². The van der Waals surface area contributed by atoms with Crippen molar-refractivity contribution in [3.05, 3.63) is 72.6 Å². The van der Waals surface area contributed by atoms with E-state index in [9.17, 15) is 9.18 Å². The van der Waals surface area contributed by atoms with Gasteiger partial charge in [-0.3, -0.25) is 9.97 Å². The summed E-state index contributed by atoms with van der Waals surface area (Å²) in [6.45, 7) is 0. The van der Waals surface area contributed by atoms with Crippen LogP contribution in [0, 0.1) is 5.82 Å². The largest absolute Gasteiger partial charge is 0.465 e. The first-order chi connectivity index (χ1) is 11.2. The number of pyridine rings is 2. The van der Waals surface area contributed by atoms with Gasteiger partial charge < -0.3 is 4.74 Å². The van der Waals surface area contributed by atoms with E-state index in [0.717, 1.165) is 5.56 Å². The molecule has 0 spiro atoms. The third-order valence-electron chi connectivity index (χ3n) is 3.45. The highest BCUT2D eigenvalue weighted by atomic mass is 19.1. The van der Waals surface area contributed by atoms with E-state index < -0.39 is 11.8 Å². The Kier molecular flexibility index (Phi) is 4.10. The van der Waals surface area contributed by atoms with Crippen molar-refractivity contribution in [3.63, 3.8) is 0 Å². The van der Waals surface area contributed by atoms with Crippen LogP contribution in [-0.2, 0) is 4.74 Å². The number of carbonyl (C=O) groups is 1. The normalized spacial score (nSPS) is 10.3. The molecule has 0 unspecified atom stereocenters. The van der Waals surface area contributed by atoms with Gasteiger partial charge in [0.1, 0.15) is 5.82 Å². The SMILES string of the molecule is COC(=O)c1cc(-c2cccnc2)cc(-c2cccnc2)c1F. The molecule has 0 atom stereocenters. The van der Waals surface area contributed by atoms with Crippen molar-refractivity contribution in [3.8, 4) is 22.3 Å². The zero-order valence-corrected chi connectivity index (χ0v) is 12.4. The van der Waals surface area contributed by atoms with Crippen molar-refractivity contribution >= 4 is 5.97 Å². The monoisotopic (exact) mass is 308 g/mol. The molecule has 0 aliphatic rings. The first kappa shape index (κ1) is 14.8. The lowest BCUT2D eigenvalue weighted by atomic mass is 9.96. The lowest BCUT2D eigenvalue weighted by Crippen LogP contribution is -2.06. The van der Waals surface area contributed by atoms with Gasteiger partial charge in [0, 0.05) is 41.5 Å². The van der Waals surface area contributed by atoms with E-state index in [1.165, 1.54) is 13.2 Å². The molecule has 1 aromatic carbocycles. The Morgan fingerprint density at radius 2 is 1.65 bits per heavy atom. The Balaban J connectivity index is 2.25. The zero-order chi connectivity index (χ0) is 16.2. The zero-order valence-electron chi connectivity index (χ0n) is 12.4. The highest BCUT2D eigenvalue weighted by Crippen LogP contribution is 2.31. The summed E-state index contributed by atoms with van der Waals surface area (Å²) in [5.41, 5.74) is 2.22. The Morgan fingerprint density at radius 1 is 1.00 bits per heavy atom. The molecule has 3 rings (SSSR count). The molecule has 2 aromatic heterocycles. The van der Waals surface area contributed by atoms with Crippen molar-refractivity contribution in [1.82, 2.24) is 9.97 Å². The van der Waals surface area contributed by atoms with Gasteiger partial charge in [0.2, 0.25) is 0 Å². The molecule has 0 aliphatic carbocycles. The summed E-state index contributed by atoms with van der Waals surface area (Å²) in [5.74, 6) is -1.35. The number of halogens is 1. The molecule has 0 amide bonds. The van der Waals surface area contributed by atoms with E-state index >= 15 is 0 Å². The second-order valence-corrected chi connectivity index (χ2v) is 4.86. The van der Waals surface area contributed by atoms with Gasteiger partial charge in [0.15, 0.2) is 0 Å². The van der Waals surface area contributed by atoms with Gasteiger partial charge in [-0.25, -0.2) is 9.18 Å².